The van der Waals surface area contributed by atoms with E-state index in [1.165, 1.54) is 16.8 Å². The van der Waals surface area contributed by atoms with Crippen LogP contribution in [0, 0.1) is 11.7 Å². The molecule has 0 aliphatic heterocycles. The number of benzene rings is 2. The van der Waals surface area contributed by atoms with Gasteiger partial charge in [-0.1, -0.05) is 43.1 Å². The van der Waals surface area contributed by atoms with Gasteiger partial charge in [-0.05, 0) is 75.6 Å². The molecular formula is C27H30Cl2FN3O3. The summed E-state index contributed by atoms with van der Waals surface area (Å²) in [6.07, 6.45) is 0.607. The monoisotopic (exact) mass is 533 g/mol. The molecule has 36 heavy (non-hydrogen) atoms. The van der Waals surface area contributed by atoms with E-state index >= 15 is 0 Å². The maximum atomic E-state index is 13.6. The van der Waals surface area contributed by atoms with Gasteiger partial charge in [-0.3, -0.25) is 9.59 Å². The summed E-state index contributed by atoms with van der Waals surface area (Å²) in [5.74, 6) is -1.03. The molecule has 3 aromatic rings. The third kappa shape index (κ3) is 7.31. The standard InChI is InChI=1S/C27H30Cl2FN3O3/c1-16(2)13-18(14-24(34)36-27(3,4)5)31-26(35)22-15-23(25-20(28)7-6-8-21(25)29)33(32-22)19-11-9-17(30)10-12-19/h6-12,15-16,18H,13-14H2,1-5H3,(H,31,35)/t18-/m0/s1. The van der Waals surface area contributed by atoms with E-state index in [1.54, 1.807) is 57.2 Å². The van der Waals surface area contributed by atoms with Gasteiger partial charge in [0.2, 0.25) is 0 Å². The Morgan fingerprint density at radius 2 is 1.69 bits per heavy atom. The minimum Gasteiger partial charge on any atom is -0.460 e. The van der Waals surface area contributed by atoms with Crippen molar-refractivity contribution in [3.63, 3.8) is 0 Å². The lowest BCUT2D eigenvalue weighted by molar-refractivity contribution is -0.155. The van der Waals surface area contributed by atoms with E-state index in [0.29, 0.717) is 33.4 Å². The molecule has 3 rings (SSSR count). The number of nitrogens with zero attached hydrogens (tertiary/aromatic N) is 2. The summed E-state index contributed by atoms with van der Waals surface area (Å²) in [5, 5.41) is 8.16. The first-order valence-corrected chi connectivity index (χ1v) is 12.4. The maximum Gasteiger partial charge on any atom is 0.308 e. The Morgan fingerprint density at radius 1 is 1.08 bits per heavy atom. The third-order valence-electron chi connectivity index (χ3n) is 5.16. The molecule has 1 aromatic heterocycles. The topological polar surface area (TPSA) is 73.2 Å². The van der Waals surface area contributed by atoms with E-state index in [2.05, 4.69) is 10.4 Å². The average Bonchev–Trinajstić information content (AvgIpc) is 3.17. The van der Waals surface area contributed by atoms with Crippen LogP contribution in [0.4, 0.5) is 4.39 Å². The molecule has 1 N–H and O–H groups in total. The number of hydrogen-bond donors (Lipinski definition) is 1. The van der Waals surface area contributed by atoms with Crippen molar-refractivity contribution in [3.8, 4) is 16.9 Å². The van der Waals surface area contributed by atoms with Crippen LogP contribution in [0.2, 0.25) is 10.0 Å². The predicted octanol–water partition coefficient (Wildman–Crippen LogP) is 6.86. The first-order chi connectivity index (χ1) is 16.8. The van der Waals surface area contributed by atoms with Crippen LogP contribution in [0.15, 0.2) is 48.5 Å². The molecule has 0 aliphatic carbocycles. The lowest BCUT2D eigenvalue weighted by Crippen LogP contribution is -2.39. The van der Waals surface area contributed by atoms with E-state index < -0.39 is 29.3 Å². The zero-order valence-electron chi connectivity index (χ0n) is 20.9. The largest absolute Gasteiger partial charge is 0.460 e. The van der Waals surface area contributed by atoms with Crippen LogP contribution < -0.4 is 5.32 Å². The predicted molar refractivity (Wildman–Crippen MR) is 140 cm³/mol. The Bertz CT molecular complexity index is 1210. The number of carbonyl (C=O) groups is 2. The molecule has 1 atom stereocenters. The SMILES string of the molecule is CC(C)C[C@@H](CC(=O)OC(C)(C)C)NC(=O)c1cc(-c2c(Cl)cccc2Cl)n(-c2ccc(F)cc2)n1. The summed E-state index contributed by atoms with van der Waals surface area (Å²) < 4.78 is 20.5. The van der Waals surface area contributed by atoms with Gasteiger partial charge < -0.3 is 10.1 Å². The molecule has 6 nitrogen and oxygen atoms in total. The molecule has 192 valence electrons. The molecule has 0 radical (unpaired) electrons. The number of nitrogens with one attached hydrogen (secondary N) is 1. The molecule has 0 saturated heterocycles. The Kier molecular flexibility index (Phi) is 8.80. The van der Waals surface area contributed by atoms with Gasteiger partial charge >= 0.3 is 5.97 Å². The highest BCUT2D eigenvalue weighted by Gasteiger charge is 2.25. The highest BCUT2D eigenvalue weighted by atomic mass is 35.5. The van der Waals surface area contributed by atoms with Crippen molar-refractivity contribution in [2.75, 3.05) is 0 Å². The Labute approximate surface area is 220 Å². The van der Waals surface area contributed by atoms with Crippen LogP contribution in [0.25, 0.3) is 16.9 Å². The molecule has 0 spiro atoms. The lowest BCUT2D eigenvalue weighted by Gasteiger charge is -2.23. The average molecular weight is 534 g/mol. The molecule has 0 bridgehead atoms. The van der Waals surface area contributed by atoms with Crippen molar-refractivity contribution in [3.05, 3.63) is 70.1 Å². The molecule has 0 saturated carbocycles. The first kappa shape index (κ1) is 27.7. The van der Waals surface area contributed by atoms with Crippen molar-refractivity contribution < 1.29 is 18.7 Å². The molecule has 1 heterocycles. The summed E-state index contributed by atoms with van der Waals surface area (Å²) in [5.41, 5.74) is 0.955. The smallest absolute Gasteiger partial charge is 0.308 e. The van der Waals surface area contributed by atoms with Crippen molar-refractivity contribution >= 4 is 35.1 Å². The number of amides is 1. The van der Waals surface area contributed by atoms with Gasteiger partial charge in [0.05, 0.1) is 27.8 Å². The van der Waals surface area contributed by atoms with Crippen LogP contribution >= 0.6 is 23.2 Å². The quantitative estimate of drug-likeness (QED) is 0.321. The Morgan fingerprint density at radius 3 is 2.25 bits per heavy atom. The molecule has 0 unspecified atom stereocenters. The number of rotatable bonds is 8. The second-order valence-electron chi connectivity index (χ2n) is 9.99. The highest BCUT2D eigenvalue weighted by Crippen LogP contribution is 2.36. The fraction of sp³-hybridized carbons (Fsp3) is 0.370. The summed E-state index contributed by atoms with van der Waals surface area (Å²) >= 11 is 12.9. The molecule has 0 fully saturated rings. The first-order valence-electron chi connectivity index (χ1n) is 11.7. The number of ether oxygens (including phenoxy) is 1. The zero-order chi connectivity index (χ0) is 26.6. The Balaban J connectivity index is 1.97. The van der Waals surface area contributed by atoms with Crippen LogP contribution in [-0.2, 0) is 9.53 Å². The van der Waals surface area contributed by atoms with Crippen LogP contribution in [0.3, 0.4) is 0 Å². The highest BCUT2D eigenvalue weighted by molar-refractivity contribution is 6.39. The number of aromatic nitrogens is 2. The second kappa shape index (κ2) is 11.4. The summed E-state index contributed by atoms with van der Waals surface area (Å²) in [4.78, 5) is 25.7. The number of esters is 1. The Hall–Kier alpha value is -2.90. The minimum atomic E-state index is -0.624. The van der Waals surface area contributed by atoms with Gasteiger partial charge in [0.25, 0.3) is 5.91 Å². The molecule has 9 heteroatoms. The molecule has 0 aliphatic rings. The lowest BCUT2D eigenvalue weighted by atomic mass is 10.0. The summed E-state index contributed by atoms with van der Waals surface area (Å²) in [6, 6.07) is 11.9. The number of hydrogen-bond acceptors (Lipinski definition) is 4. The normalized spacial score (nSPS) is 12.5. The van der Waals surface area contributed by atoms with Crippen molar-refractivity contribution in [2.45, 2.75) is 59.1 Å². The minimum absolute atomic E-state index is 0.0308. The van der Waals surface area contributed by atoms with Crippen molar-refractivity contribution in [2.24, 2.45) is 5.92 Å². The van der Waals surface area contributed by atoms with Gasteiger partial charge in [0, 0.05) is 11.6 Å². The zero-order valence-corrected chi connectivity index (χ0v) is 22.5. The number of halogens is 3. The van der Waals surface area contributed by atoms with Gasteiger partial charge in [-0.25, -0.2) is 9.07 Å². The van der Waals surface area contributed by atoms with E-state index in [9.17, 15) is 14.0 Å². The molecule has 2 aromatic carbocycles. The fourth-order valence-electron chi connectivity index (χ4n) is 3.80. The van der Waals surface area contributed by atoms with Gasteiger partial charge in [-0.2, -0.15) is 5.10 Å². The third-order valence-corrected chi connectivity index (χ3v) is 5.79. The molecule has 1 amide bonds. The van der Waals surface area contributed by atoms with Gasteiger partial charge in [-0.15, -0.1) is 0 Å². The maximum absolute atomic E-state index is 13.6. The number of carbonyl (C=O) groups excluding carboxylic acids is 2. The van der Waals surface area contributed by atoms with Crippen LogP contribution in [0.5, 0.6) is 0 Å². The van der Waals surface area contributed by atoms with Crippen LogP contribution in [-0.4, -0.2) is 33.3 Å². The van der Waals surface area contributed by atoms with E-state index in [0.717, 1.165) is 0 Å². The van der Waals surface area contributed by atoms with E-state index in [1.807, 2.05) is 13.8 Å². The fourth-order valence-corrected chi connectivity index (χ4v) is 4.39. The van der Waals surface area contributed by atoms with Crippen molar-refractivity contribution in [1.82, 2.24) is 15.1 Å². The van der Waals surface area contributed by atoms with Crippen LogP contribution in [0.1, 0.15) is 57.9 Å². The van der Waals surface area contributed by atoms with E-state index in [-0.39, 0.29) is 18.0 Å². The van der Waals surface area contributed by atoms with Crippen molar-refractivity contribution in [1.29, 1.82) is 0 Å². The second-order valence-corrected chi connectivity index (χ2v) is 10.8. The van der Waals surface area contributed by atoms with E-state index in [4.69, 9.17) is 27.9 Å². The van der Waals surface area contributed by atoms with Gasteiger partial charge in [0.15, 0.2) is 5.69 Å². The van der Waals surface area contributed by atoms with Gasteiger partial charge in [0.1, 0.15) is 11.4 Å². The summed E-state index contributed by atoms with van der Waals surface area (Å²) in [6.45, 7) is 9.41. The summed E-state index contributed by atoms with van der Waals surface area (Å²) in [7, 11) is 0. The molecular weight excluding hydrogens is 504 g/mol.